The minimum Gasteiger partial charge on any atom is -0.457 e. The van der Waals surface area contributed by atoms with E-state index in [0.717, 1.165) is 11.4 Å². The summed E-state index contributed by atoms with van der Waals surface area (Å²) in [5.74, 6) is 1.93. The number of hydrogen-bond acceptors (Lipinski definition) is 3. The maximum atomic E-state index is 9.28. The first-order valence-corrected chi connectivity index (χ1v) is 6.44. The number of aryl methyl sites for hydroxylation is 1. The first-order valence-electron chi connectivity index (χ1n) is 6.44. The fraction of sp³-hybridized carbons (Fsp3) is 0.312. The molecule has 0 bridgehead atoms. The van der Waals surface area contributed by atoms with Crippen molar-refractivity contribution in [1.29, 1.82) is 0 Å². The highest BCUT2D eigenvalue weighted by Crippen LogP contribution is 2.27. The molecule has 100 valence electrons. The Morgan fingerprint density at radius 2 is 1.89 bits per heavy atom. The van der Waals surface area contributed by atoms with Crippen LogP contribution >= 0.6 is 0 Å². The van der Waals surface area contributed by atoms with Crippen molar-refractivity contribution in [2.24, 2.45) is 0 Å². The van der Waals surface area contributed by atoms with E-state index < -0.39 is 0 Å². The van der Waals surface area contributed by atoms with E-state index in [1.54, 1.807) is 6.20 Å². The zero-order chi connectivity index (χ0) is 13.8. The van der Waals surface area contributed by atoms with E-state index in [1.807, 2.05) is 25.1 Å². The summed E-state index contributed by atoms with van der Waals surface area (Å²) in [7, 11) is 0. The Kier molecular flexibility index (Phi) is 4.17. The molecule has 0 aliphatic heterocycles. The molecule has 1 aromatic heterocycles. The smallest absolute Gasteiger partial charge is 0.136 e. The average Bonchev–Trinajstić information content (AvgIpc) is 2.39. The van der Waals surface area contributed by atoms with Crippen LogP contribution in [-0.4, -0.2) is 10.1 Å². The molecule has 1 heterocycles. The highest BCUT2D eigenvalue weighted by molar-refractivity contribution is 5.38. The maximum absolute atomic E-state index is 9.28. The molecule has 2 aromatic rings. The van der Waals surface area contributed by atoms with Gasteiger partial charge in [-0.3, -0.25) is 4.98 Å². The molecule has 0 spiro atoms. The van der Waals surface area contributed by atoms with Crippen molar-refractivity contribution in [3.05, 3.63) is 53.3 Å². The quantitative estimate of drug-likeness (QED) is 0.906. The van der Waals surface area contributed by atoms with E-state index in [2.05, 4.69) is 31.0 Å². The summed E-state index contributed by atoms with van der Waals surface area (Å²) in [6.45, 7) is 6.14. The molecule has 1 N–H and O–H groups in total. The SMILES string of the molecule is Cc1cc(Oc2ccc(C(C)C)cc2)c(CO)cn1. The molecule has 19 heavy (non-hydrogen) atoms. The van der Waals surface area contributed by atoms with Crippen molar-refractivity contribution < 1.29 is 9.84 Å². The Bertz CT molecular complexity index is 547. The van der Waals surface area contributed by atoms with Crippen LogP contribution in [0, 0.1) is 6.92 Å². The number of ether oxygens (including phenoxy) is 1. The number of aromatic nitrogens is 1. The Hall–Kier alpha value is -1.87. The minimum atomic E-state index is -0.0767. The van der Waals surface area contributed by atoms with Crippen molar-refractivity contribution in [3.8, 4) is 11.5 Å². The predicted molar refractivity (Wildman–Crippen MR) is 75.5 cm³/mol. The molecule has 0 aliphatic carbocycles. The molecule has 3 heteroatoms. The molecule has 0 amide bonds. The van der Waals surface area contributed by atoms with E-state index in [1.165, 1.54) is 5.56 Å². The normalized spacial score (nSPS) is 10.8. The summed E-state index contributed by atoms with van der Waals surface area (Å²) in [6, 6.07) is 9.86. The predicted octanol–water partition coefficient (Wildman–Crippen LogP) is 3.80. The van der Waals surface area contributed by atoms with Gasteiger partial charge in [-0.25, -0.2) is 0 Å². The number of aliphatic hydroxyl groups excluding tert-OH is 1. The summed E-state index contributed by atoms with van der Waals surface area (Å²) < 4.78 is 5.82. The fourth-order valence-electron chi connectivity index (χ4n) is 1.82. The van der Waals surface area contributed by atoms with Gasteiger partial charge in [0.05, 0.1) is 6.61 Å². The third-order valence-corrected chi connectivity index (χ3v) is 3.03. The number of benzene rings is 1. The van der Waals surface area contributed by atoms with Gasteiger partial charge in [-0.1, -0.05) is 26.0 Å². The monoisotopic (exact) mass is 257 g/mol. The summed E-state index contributed by atoms with van der Waals surface area (Å²) >= 11 is 0. The van der Waals surface area contributed by atoms with Crippen LogP contribution in [0.25, 0.3) is 0 Å². The molecule has 2 rings (SSSR count). The van der Waals surface area contributed by atoms with E-state index in [9.17, 15) is 5.11 Å². The van der Waals surface area contributed by atoms with Crippen molar-refractivity contribution in [2.75, 3.05) is 0 Å². The standard InChI is InChI=1S/C16H19NO2/c1-11(2)13-4-6-15(7-5-13)19-16-8-12(3)17-9-14(16)10-18/h4-9,11,18H,10H2,1-3H3. The first kappa shape index (κ1) is 13.6. The van der Waals surface area contributed by atoms with Gasteiger partial charge >= 0.3 is 0 Å². The second-order valence-corrected chi connectivity index (χ2v) is 4.92. The van der Waals surface area contributed by atoms with Gasteiger partial charge < -0.3 is 9.84 Å². The van der Waals surface area contributed by atoms with Crippen LogP contribution in [-0.2, 0) is 6.61 Å². The van der Waals surface area contributed by atoms with E-state index in [4.69, 9.17) is 4.74 Å². The number of hydrogen-bond donors (Lipinski definition) is 1. The minimum absolute atomic E-state index is 0.0767. The Morgan fingerprint density at radius 3 is 2.47 bits per heavy atom. The molecular weight excluding hydrogens is 238 g/mol. The molecule has 3 nitrogen and oxygen atoms in total. The van der Waals surface area contributed by atoms with Crippen molar-refractivity contribution in [3.63, 3.8) is 0 Å². The lowest BCUT2D eigenvalue weighted by molar-refractivity contribution is 0.276. The van der Waals surface area contributed by atoms with Gasteiger partial charge in [0.25, 0.3) is 0 Å². The first-order chi connectivity index (χ1) is 9.10. The Labute approximate surface area is 113 Å². The molecule has 0 aliphatic rings. The van der Waals surface area contributed by atoms with Crippen LogP contribution < -0.4 is 4.74 Å². The van der Waals surface area contributed by atoms with Crippen LogP contribution in [0.2, 0.25) is 0 Å². The van der Waals surface area contributed by atoms with Crippen molar-refractivity contribution in [1.82, 2.24) is 4.98 Å². The Balaban J connectivity index is 2.23. The molecule has 0 saturated heterocycles. The van der Waals surface area contributed by atoms with E-state index in [-0.39, 0.29) is 6.61 Å². The van der Waals surface area contributed by atoms with Gasteiger partial charge in [0, 0.05) is 23.5 Å². The van der Waals surface area contributed by atoms with Crippen LogP contribution in [0.3, 0.4) is 0 Å². The maximum Gasteiger partial charge on any atom is 0.136 e. The molecule has 1 aromatic carbocycles. The third-order valence-electron chi connectivity index (χ3n) is 3.03. The van der Waals surface area contributed by atoms with Crippen LogP contribution in [0.1, 0.15) is 36.6 Å². The Morgan fingerprint density at radius 1 is 1.21 bits per heavy atom. The topological polar surface area (TPSA) is 42.4 Å². The fourth-order valence-corrected chi connectivity index (χ4v) is 1.82. The van der Waals surface area contributed by atoms with Gasteiger partial charge in [-0.2, -0.15) is 0 Å². The van der Waals surface area contributed by atoms with Gasteiger partial charge in [-0.05, 0) is 30.5 Å². The number of aliphatic hydroxyl groups is 1. The summed E-state index contributed by atoms with van der Waals surface area (Å²) in [5, 5.41) is 9.28. The van der Waals surface area contributed by atoms with E-state index in [0.29, 0.717) is 17.2 Å². The summed E-state index contributed by atoms with van der Waals surface area (Å²) in [6.07, 6.45) is 1.65. The molecule has 0 unspecified atom stereocenters. The highest BCUT2D eigenvalue weighted by Gasteiger charge is 2.06. The molecule has 0 radical (unpaired) electrons. The molecule has 0 atom stereocenters. The van der Waals surface area contributed by atoms with Crippen LogP contribution in [0.5, 0.6) is 11.5 Å². The van der Waals surface area contributed by atoms with Crippen LogP contribution in [0.4, 0.5) is 0 Å². The summed E-state index contributed by atoms with van der Waals surface area (Å²) in [5.41, 5.74) is 2.84. The van der Waals surface area contributed by atoms with Crippen molar-refractivity contribution >= 4 is 0 Å². The highest BCUT2D eigenvalue weighted by atomic mass is 16.5. The lowest BCUT2D eigenvalue weighted by Crippen LogP contribution is -1.95. The zero-order valence-electron chi connectivity index (χ0n) is 11.6. The molecule has 0 saturated carbocycles. The van der Waals surface area contributed by atoms with Gasteiger partial charge in [0.15, 0.2) is 0 Å². The lowest BCUT2D eigenvalue weighted by atomic mass is 10.0. The van der Waals surface area contributed by atoms with Gasteiger partial charge in [0.2, 0.25) is 0 Å². The van der Waals surface area contributed by atoms with E-state index >= 15 is 0 Å². The average molecular weight is 257 g/mol. The van der Waals surface area contributed by atoms with Gasteiger partial charge in [-0.15, -0.1) is 0 Å². The second kappa shape index (κ2) is 5.85. The number of nitrogens with zero attached hydrogens (tertiary/aromatic N) is 1. The molecule has 0 fully saturated rings. The zero-order valence-corrected chi connectivity index (χ0v) is 11.6. The number of pyridine rings is 1. The van der Waals surface area contributed by atoms with Crippen molar-refractivity contribution in [2.45, 2.75) is 33.3 Å². The number of rotatable bonds is 4. The second-order valence-electron chi connectivity index (χ2n) is 4.92. The van der Waals surface area contributed by atoms with Crippen LogP contribution in [0.15, 0.2) is 36.5 Å². The molecular formula is C16H19NO2. The lowest BCUT2D eigenvalue weighted by Gasteiger charge is -2.11. The third kappa shape index (κ3) is 3.32. The summed E-state index contributed by atoms with van der Waals surface area (Å²) in [4.78, 5) is 4.15. The largest absolute Gasteiger partial charge is 0.457 e. The van der Waals surface area contributed by atoms with Gasteiger partial charge in [0.1, 0.15) is 11.5 Å².